The second-order valence-electron chi connectivity index (χ2n) is 4.54. The van der Waals surface area contributed by atoms with E-state index in [0.717, 1.165) is 10.8 Å². The first kappa shape index (κ1) is 12.9. The lowest BCUT2D eigenvalue weighted by atomic mass is 10.1. The van der Waals surface area contributed by atoms with E-state index in [1.807, 2.05) is 6.07 Å². The van der Waals surface area contributed by atoms with E-state index in [0.29, 0.717) is 22.7 Å². The van der Waals surface area contributed by atoms with Crippen LogP contribution in [0.4, 0.5) is 5.69 Å². The Bertz CT molecular complexity index is 831. The molecule has 0 bridgehead atoms. The van der Waals surface area contributed by atoms with Gasteiger partial charge in [-0.15, -0.1) is 0 Å². The Balaban J connectivity index is 2.11. The Labute approximate surface area is 121 Å². The highest BCUT2D eigenvalue weighted by molar-refractivity contribution is 5.98. The number of nitrogens with zero attached hydrogens (tertiary/aromatic N) is 1. The molecule has 0 saturated carbocycles. The average Bonchev–Trinajstić information content (AvgIpc) is 2.51. The van der Waals surface area contributed by atoms with Crippen molar-refractivity contribution in [3.63, 3.8) is 0 Å². The molecule has 0 saturated heterocycles. The minimum Gasteiger partial charge on any atom is -0.456 e. The number of benzene rings is 2. The van der Waals surface area contributed by atoms with E-state index in [4.69, 9.17) is 16.2 Å². The molecule has 1 amide bonds. The van der Waals surface area contributed by atoms with E-state index >= 15 is 0 Å². The summed E-state index contributed by atoms with van der Waals surface area (Å²) in [5.41, 5.74) is 12.2. The molecule has 0 unspecified atom stereocenters. The predicted molar refractivity (Wildman–Crippen MR) is 81.2 cm³/mol. The third kappa shape index (κ3) is 2.36. The van der Waals surface area contributed by atoms with Crippen LogP contribution in [0.15, 0.2) is 54.9 Å². The highest BCUT2D eigenvalue weighted by atomic mass is 16.5. The lowest BCUT2D eigenvalue weighted by molar-refractivity contribution is 0.0998. The van der Waals surface area contributed by atoms with Gasteiger partial charge in [0.15, 0.2) is 0 Å². The zero-order chi connectivity index (χ0) is 14.8. The van der Waals surface area contributed by atoms with Crippen molar-refractivity contribution in [3.05, 3.63) is 60.4 Å². The van der Waals surface area contributed by atoms with E-state index in [9.17, 15) is 4.79 Å². The number of anilines is 1. The third-order valence-corrected chi connectivity index (χ3v) is 3.18. The molecule has 21 heavy (non-hydrogen) atoms. The largest absolute Gasteiger partial charge is 0.456 e. The minimum absolute atomic E-state index is 0.330. The summed E-state index contributed by atoms with van der Waals surface area (Å²) in [6.07, 6.45) is 3.34. The monoisotopic (exact) mass is 279 g/mol. The first-order chi connectivity index (χ1) is 10.2. The van der Waals surface area contributed by atoms with Gasteiger partial charge in [-0.1, -0.05) is 12.1 Å². The van der Waals surface area contributed by atoms with Crippen LogP contribution in [0.25, 0.3) is 10.8 Å². The molecule has 2 aromatic carbocycles. The predicted octanol–water partition coefficient (Wildman–Crippen LogP) is 2.71. The number of pyridine rings is 1. The number of carbonyl (C=O) groups excluding carboxylic acids is 1. The zero-order valence-corrected chi connectivity index (χ0v) is 11.1. The van der Waals surface area contributed by atoms with Gasteiger partial charge in [0.1, 0.15) is 11.5 Å². The fourth-order valence-electron chi connectivity index (χ4n) is 2.15. The molecule has 0 radical (unpaired) electrons. The van der Waals surface area contributed by atoms with Crippen LogP contribution in [-0.2, 0) is 0 Å². The number of nitrogens with two attached hydrogens (primary N) is 2. The molecular weight excluding hydrogens is 266 g/mol. The zero-order valence-electron chi connectivity index (χ0n) is 11.1. The summed E-state index contributed by atoms with van der Waals surface area (Å²) in [5, 5.41) is 1.62. The Hall–Kier alpha value is -3.08. The average molecular weight is 279 g/mol. The second-order valence-corrected chi connectivity index (χ2v) is 4.54. The number of primary amides is 1. The molecule has 0 fully saturated rings. The van der Waals surface area contributed by atoms with Crippen LogP contribution in [0.5, 0.6) is 11.5 Å². The van der Waals surface area contributed by atoms with Crippen molar-refractivity contribution in [2.45, 2.75) is 0 Å². The van der Waals surface area contributed by atoms with Crippen LogP contribution >= 0.6 is 0 Å². The third-order valence-electron chi connectivity index (χ3n) is 3.18. The summed E-state index contributed by atoms with van der Waals surface area (Å²) in [7, 11) is 0. The van der Waals surface area contributed by atoms with Crippen molar-refractivity contribution >= 4 is 22.4 Å². The highest BCUT2D eigenvalue weighted by Crippen LogP contribution is 2.33. The van der Waals surface area contributed by atoms with Gasteiger partial charge in [-0.05, 0) is 30.3 Å². The van der Waals surface area contributed by atoms with Crippen LogP contribution in [-0.4, -0.2) is 10.9 Å². The highest BCUT2D eigenvalue weighted by Gasteiger charge is 2.11. The van der Waals surface area contributed by atoms with Gasteiger partial charge in [-0.25, -0.2) is 0 Å². The number of aromatic nitrogens is 1. The Morgan fingerprint density at radius 1 is 1.00 bits per heavy atom. The number of ether oxygens (including phenoxy) is 1. The van der Waals surface area contributed by atoms with Gasteiger partial charge in [0.2, 0.25) is 0 Å². The van der Waals surface area contributed by atoms with Gasteiger partial charge in [0, 0.05) is 28.9 Å². The molecule has 104 valence electrons. The van der Waals surface area contributed by atoms with Crippen molar-refractivity contribution < 1.29 is 9.53 Å². The molecule has 0 spiro atoms. The van der Waals surface area contributed by atoms with Crippen LogP contribution in [0, 0.1) is 0 Å². The van der Waals surface area contributed by atoms with Crippen molar-refractivity contribution in [3.8, 4) is 11.5 Å². The molecule has 0 aliphatic heterocycles. The second kappa shape index (κ2) is 5.13. The minimum atomic E-state index is -0.535. The van der Waals surface area contributed by atoms with Crippen molar-refractivity contribution in [2.24, 2.45) is 5.73 Å². The fourth-order valence-corrected chi connectivity index (χ4v) is 2.15. The number of hydrogen-bond acceptors (Lipinski definition) is 4. The summed E-state index contributed by atoms with van der Waals surface area (Å²) in [6.45, 7) is 0. The quantitative estimate of drug-likeness (QED) is 0.721. The van der Waals surface area contributed by atoms with Crippen molar-refractivity contribution in [2.75, 3.05) is 5.73 Å². The first-order valence-electron chi connectivity index (χ1n) is 6.35. The summed E-state index contributed by atoms with van der Waals surface area (Å²) >= 11 is 0. The normalized spacial score (nSPS) is 10.5. The Kier molecular flexibility index (Phi) is 3.16. The van der Waals surface area contributed by atoms with E-state index in [-0.39, 0.29) is 0 Å². The van der Waals surface area contributed by atoms with Crippen molar-refractivity contribution in [1.29, 1.82) is 0 Å². The number of nitrogen functional groups attached to an aromatic ring is 1. The smallest absolute Gasteiger partial charge is 0.252 e. The topological polar surface area (TPSA) is 91.2 Å². The molecule has 0 atom stereocenters. The molecule has 0 aliphatic rings. The summed E-state index contributed by atoms with van der Waals surface area (Å²) in [4.78, 5) is 15.5. The van der Waals surface area contributed by atoms with Crippen LogP contribution < -0.4 is 16.2 Å². The van der Waals surface area contributed by atoms with Gasteiger partial charge in [-0.2, -0.15) is 0 Å². The molecule has 3 rings (SSSR count). The lowest BCUT2D eigenvalue weighted by Gasteiger charge is -2.12. The summed E-state index contributed by atoms with van der Waals surface area (Å²) in [6, 6.07) is 12.2. The maximum Gasteiger partial charge on any atom is 0.252 e. The molecule has 1 heterocycles. The number of amides is 1. The Morgan fingerprint density at radius 2 is 1.81 bits per heavy atom. The van der Waals surface area contributed by atoms with Crippen LogP contribution in [0.1, 0.15) is 10.4 Å². The SMILES string of the molecule is NC(=O)c1ccccc1Oc1ccc(N)c2cnccc12. The number of rotatable bonds is 3. The number of fused-ring (bicyclic) bond motifs is 1. The summed E-state index contributed by atoms with van der Waals surface area (Å²) in [5.74, 6) is 0.468. The molecule has 5 heteroatoms. The van der Waals surface area contributed by atoms with E-state index in [2.05, 4.69) is 4.98 Å². The molecule has 4 N–H and O–H groups in total. The molecule has 1 aromatic heterocycles. The summed E-state index contributed by atoms with van der Waals surface area (Å²) < 4.78 is 5.85. The molecule has 0 aliphatic carbocycles. The lowest BCUT2D eigenvalue weighted by Crippen LogP contribution is -2.12. The van der Waals surface area contributed by atoms with Gasteiger partial charge in [-0.3, -0.25) is 9.78 Å². The molecule has 5 nitrogen and oxygen atoms in total. The number of hydrogen-bond donors (Lipinski definition) is 2. The van der Waals surface area contributed by atoms with Gasteiger partial charge >= 0.3 is 0 Å². The van der Waals surface area contributed by atoms with Crippen LogP contribution in [0.3, 0.4) is 0 Å². The number of carbonyl (C=O) groups is 1. The van der Waals surface area contributed by atoms with E-state index in [1.54, 1.807) is 48.8 Å². The van der Waals surface area contributed by atoms with Gasteiger partial charge in [0.05, 0.1) is 5.56 Å². The van der Waals surface area contributed by atoms with E-state index < -0.39 is 5.91 Å². The standard InChI is InChI=1S/C16H13N3O2/c17-13-5-6-15(10-7-8-19-9-12(10)13)21-14-4-2-1-3-11(14)16(18)20/h1-9H,17H2,(H2,18,20). The first-order valence-corrected chi connectivity index (χ1v) is 6.35. The maximum absolute atomic E-state index is 11.4. The van der Waals surface area contributed by atoms with Crippen molar-refractivity contribution in [1.82, 2.24) is 4.98 Å². The molecule has 3 aromatic rings. The molecular formula is C16H13N3O2. The fraction of sp³-hybridized carbons (Fsp3) is 0. The van der Waals surface area contributed by atoms with Crippen LogP contribution in [0.2, 0.25) is 0 Å². The van der Waals surface area contributed by atoms with Gasteiger partial charge < -0.3 is 16.2 Å². The number of para-hydroxylation sites is 1. The Morgan fingerprint density at radius 3 is 2.62 bits per heavy atom. The van der Waals surface area contributed by atoms with E-state index in [1.165, 1.54) is 0 Å². The van der Waals surface area contributed by atoms with Gasteiger partial charge in [0.25, 0.3) is 5.91 Å². The maximum atomic E-state index is 11.4.